The second-order valence-electron chi connectivity index (χ2n) is 5.94. The molecule has 0 spiro atoms. The van der Waals surface area contributed by atoms with Crippen molar-refractivity contribution in [3.05, 3.63) is 96.1 Å². The first-order chi connectivity index (χ1) is 12.8. The topological polar surface area (TPSA) is 50.4 Å². The highest BCUT2D eigenvalue weighted by Gasteiger charge is 2.04. The van der Waals surface area contributed by atoms with Crippen LogP contribution in [0.15, 0.2) is 84.9 Å². The smallest absolute Gasteiger partial charge is 0.238 e. The Balaban J connectivity index is 1.46. The summed E-state index contributed by atoms with van der Waals surface area (Å²) in [6, 6.07) is 27.4. The van der Waals surface area contributed by atoms with Gasteiger partial charge in [-0.1, -0.05) is 66.7 Å². The Bertz CT molecular complexity index is 820. The molecule has 0 atom stereocenters. The molecule has 1 amide bonds. The molecule has 0 heterocycles. The molecule has 0 saturated carbocycles. The molecule has 4 nitrogen and oxygen atoms in total. The molecule has 3 aromatic rings. The Morgan fingerprint density at radius 1 is 0.808 bits per heavy atom. The number of anilines is 1. The van der Waals surface area contributed by atoms with Crippen LogP contribution in [0.2, 0.25) is 0 Å². The van der Waals surface area contributed by atoms with Crippen LogP contribution in [0.3, 0.4) is 0 Å². The van der Waals surface area contributed by atoms with E-state index < -0.39 is 0 Å². The van der Waals surface area contributed by atoms with E-state index in [4.69, 9.17) is 4.74 Å². The number of carbonyl (C=O) groups excluding carboxylic acids is 1. The zero-order valence-electron chi connectivity index (χ0n) is 14.5. The highest BCUT2D eigenvalue weighted by Crippen LogP contribution is 2.18. The Labute approximate surface area is 153 Å². The van der Waals surface area contributed by atoms with Gasteiger partial charge in [0.25, 0.3) is 0 Å². The summed E-state index contributed by atoms with van der Waals surface area (Å²) in [6.07, 6.45) is 0. The van der Waals surface area contributed by atoms with Crippen molar-refractivity contribution in [1.82, 2.24) is 5.32 Å². The molecule has 2 N–H and O–H groups in total. The third-order valence-electron chi connectivity index (χ3n) is 3.82. The van der Waals surface area contributed by atoms with Gasteiger partial charge in [-0.15, -0.1) is 0 Å². The minimum Gasteiger partial charge on any atom is -0.489 e. The van der Waals surface area contributed by atoms with Crippen molar-refractivity contribution < 1.29 is 9.53 Å². The normalized spacial score (nSPS) is 10.3. The van der Waals surface area contributed by atoms with E-state index in [0.717, 1.165) is 22.6 Å². The molecule has 0 bridgehead atoms. The predicted octanol–water partition coefficient (Wildman–Crippen LogP) is 3.99. The second-order valence-corrected chi connectivity index (χ2v) is 5.94. The maximum Gasteiger partial charge on any atom is 0.238 e. The first-order valence-corrected chi connectivity index (χ1v) is 8.61. The lowest BCUT2D eigenvalue weighted by atomic mass is 10.2. The molecular formula is C22H22N2O2. The summed E-state index contributed by atoms with van der Waals surface area (Å²) in [5, 5.41) is 6.03. The maximum absolute atomic E-state index is 12.1. The molecule has 0 aliphatic heterocycles. The minimum absolute atomic E-state index is 0.0823. The van der Waals surface area contributed by atoms with Gasteiger partial charge in [0.05, 0.1) is 6.54 Å². The first-order valence-electron chi connectivity index (χ1n) is 8.61. The molecule has 4 heteroatoms. The fourth-order valence-electron chi connectivity index (χ4n) is 2.53. The monoisotopic (exact) mass is 346 g/mol. The molecule has 0 unspecified atom stereocenters. The number of hydrogen-bond acceptors (Lipinski definition) is 3. The van der Waals surface area contributed by atoms with E-state index in [1.54, 1.807) is 0 Å². The van der Waals surface area contributed by atoms with Gasteiger partial charge in [0.1, 0.15) is 12.4 Å². The molecule has 3 aromatic carbocycles. The highest BCUT2D eigenvalue weighted by molar-refractivity contribution is 5.92. The van der Waals surface area contributed by atoms with E-state index in [9.17, 15) is 4.79 Å². The van der Waals surface area contributed by atoms with E-state index in [0.29, 0.717) is 13.2 Å². The molecule has 26 heavy (non-hydrogen) atoms. The van der Waals surface area contributed by atoms with Gasteiger partial charge >= 0.3 is 0 Å². The van der Waals surface area contributed by atoms with Crippen LogP contribution in [0.4, 0.5) is 5.69 Å². The van der Waals surface area contributed by atoms with Crippen LogP contribution in [0.1, 0.15) is 11.1 Å². The number of benzene rings is 3. The quantitative estimate of drug-likeness (QED) is 0.648. The van der Waals surface area contributed by atoms with Crippen molar-refractivity contribution >= 4 is 11.6 Å². The average molecular weight is 346 g/mol. The van der Waals surface area contributed by atoms with Crippen LogP contribution in [0.25, 0.3) is 0 Å². The molecule has 132 valence electrons. The van der Waals surface area contributed by atoms with Crippen LogP contribution in [-0.2, 0) is 17.9 Å². The van der Waals surface area contributed by atoms with Crippen molar-refractivity contribution in [3.8, 4) is 5.75 Å². The Hall–Kier alpha value is -3.11. The highest BCUT2D eigenvalue weighted by atomic mass is 16.5. The molecule has 0 aromatic heterocycles. The third-order valence-corrected chi connectivity index (χ3v) is 3.82. The molecule has 0 aliphatic carbocycles. The summed E-state index contributed by atoms with van der Waals surface area (Å²) < 4.78 is 5.79. The first kappa shape index (κ1) is 17.7. The number of nitrogens with one attached hydrogen (secondary N) is 2. The van der Waals surface area contributed by atoms with Crippen LogP contribution in [0.5, 0.6) is 5.75 Å². The van der Waals surface area contributed by atoms with Crippen LogP contribution >= 0.6 is 0 Å². The van der Waals surface area contributed by atoms with Crippen LogP contribution in [0, 0.1) is 0 Å². The largest absolute Gasteiger partial charge is 0.489 e. The van der Waals surface area contributed by atoms with E-state index in [2.05, 4.69) is 10.6 Å². The van der Waals surface area contributed by atoms with Gasteiger partial charge in [0.15, 0.2) is 0 Å². The predicted molar refractivity (Wildman–Crippen MR) is 104 cm³/mol. The molecule has 0 saturated heterocycles. The molecule has 0 radical (unpaired) electrons. The minimum atomic E-state index is -0.0823. The second kappa shape index (κ2) is 9.39. The summed E-state index contributed by atoms with van der Waals surface area (Å²) in [5.41, 5.74) is 2.98. The van der Waals surface area contributed by atoms with E-state index in [1.807, 2.05) is 84.9 Å². The van der Waals surface area contributed by atoms with Crippen molar-refractivity contribution in [3.63, 3.8) is 0 Å². The Kier molecular flexibility index (Phi) is 6.40. The fraction of sp³-hybridized carbons (Fsp3) is 0.136. The van der Waals surface area contributed by atoms with Crippen molar-refractivity contribution in [1.29, 1.82) is 0 Å². The third kappa shape index (κ3) is 5.76. The van der Waals surface area contributed by atoms with E-state index >= 15 is 0 Å². The van der Waals surface area contributed by atoms with Crippen molar-refractivity contribution in [2.24, 2.45) is 0 Å². The van der Waals surface area contributed by atoms with Gasteiger partial charge in [-0.05, 0) is 23.3 Å². The van der Waals surface area contributed by atoms with Gasteiger partial charge in [0.2, 0.25) is 5.91 Å². The van der Waals surface area contributed by atoms with Gasteiger partial charge in [-0.3, -0.25) is 4.79 Å². The summed E-state index contributed by atoms with van der Waals surface area (Å²) in [7, 11) is 0. The van der Waals surface area contributed by atoms with Crippen molar-refractivity contribution in [2.75, 3.05) is 11.9 Å². The summed E-state index contributed by atoms with van der Waals surface area (Å²) in [6.45, 7) is 1.41. The zero-order valence-corrected chi connectivity index (χ0v) is 14.5. The number of ether oxygens (including phenoxy) is 1. The molecule has 0 fully saturated rings. The lowest BCUT2D eigenvalue weighted by molar-refractivity contribution is -0.115. The number of hydrogen-bond donors (Lipinski definition) is 2. The Morgan fingerprint density at radius 2 is 1.50 bits per heavy atom. The average Bonchev–Trinajstić information content (AvgIpc) is 2.68. The summed E-state index contributed by atoms with van der Waals surface area (Å²) in [4.78, 5) is 12.1. The molecule has 3 rings (SSSR count). The van der Waals surface area contributed by atoms with E-state index in [1.165, 1.54) is 0 Å². The SMILES string of the molecule is O=C(CNCc1ccccc1)Nc1cccc(OCc2ccccc2)c1. The van der Waals surface area contributed by atoms with Gasteiger partial charge in [-0.2, -0.15) is 0 Å². The number of amides is 1. The number of rotatable bonds is 8. The Morgan fingerprint density at radius 3 is 2.23 bits per heavy atom. The molecular weight excluding hydrogens is 324 g/mol. The van der Waals surface area contributed by atoms with Crippen LogP contribution in [-0.4, -0.2) is 12.5 Å². The lowest BCUT2D eigenvalue weighted by Gasteiger charge is -2.10. The van der Waals surface area contributed by atoms with Gasteiger partial charge < -0.3 is 15.4 Å². The van der Waals surface area contributed by atoms with Gasteiger partial charge in [-0.25, -0.2) is 0 Å². The zero-order chi connectivity index (χ0) is 18.0. The molecule has 0 aliphatic rings. The lowest BCUT2D eigenvalue weighted by Crippen LogP contribution is -2.27. The fourth-order valence-corrected chi connectivity index (χ4v) is 2.53. The van der Waals surface area contributed by atoms with Crippen LogP contribution < -0.4 is 15.4 Å². The summed E-state index contributed by atoms with van der Waals surface area (Å²) >= 11 is 0. The van der Waals surface area contributed by atoms with E-state index in [-0.39, 0.29) is 12.5 Å². The summed E-state index contributed by atoms with van der Waals surface area (Å²) in [5.74, 6) is 0.644. The van der Waals surface area contributed by atoms with Gasteiger partial charge in [0, 0.05) is 18.3 Å². The maximum atomic E-state index is 12.1. The standard InChI is InChI=1S/C22H22N2O2/c25-22(16-23-15-18-8-3-1-4-9-18)24-20-12-7-13-21(14-20)26-17-19-10-5-2-6-11-19/h1-14,23H,15-17H2,(H,24,25). The number of carbonyl (C=O) groups is 1. The van der Waals surface area contributed by atoms with Crippen molar-refractivity contribution in [2.45, 2.75) is 13.2 Å².